The molecule has 0 amide bonds. The molecule has 4 unspecified atom stereocenters. The minimum Gasteiger partial charge on any atom is -0.391 e. The number of hydrogen-bond donors (Lipinski definition) is 1. The van der Waals surface area contributed by atoms with E-state index in [0.29, 0.717) is 6.04 Å². The maximum atomic E-state index is 10.3. The normalized spacial score (nSPS) is 30.7. The Hall–Kier alpha value is -0.0800. The summed E-state index contributed by atoms with van der Waals surface area (Å²) in [7, 11) is 0. The van der Waals surface area contributed by atoms with Crippen LogP contribution in [0.2, 0.25) is 0 Å². The van der Waals surface area contributed by atoms with Crippen LogP contribution in [-0.4, -0.2) is 35.2 Å². The molecule has 0 aromatic heterocycles. The highest BCUT2D eigenvalue weighted by molar-refractivity contribution is 4.87. The average molecular weight is 255 g/mol. The van der Waals surface area contributed by atoms with Crippen molar-refractivity contribution in [2.24, 2.45) is 11.8 Å². The van der Waals surface area contributed by atoms with Gasteiger partial charge >= 0.3 is 0 Å². The van der Waals surface area contributed by atoms with Crippen LogP contribution in [0, 0.1) is 11.8 Å². The summed E-state index contributed by atoms with van der Waals surface area (Å²) in [4.78, 5) is 2.53. The van der Waals surface area contributed by atoms with Crippen molar-refractivity contribution < 1.29 is 5.11 Å². The van der Waals surface area contributed by atoms with Crippen molar-refractivity contribution in [3.05, 3.63) is 0 Å². The van der Waals surface area contributed by atoms with Gasteiger partial charge in [-0.05, 0) is 37.6 Å². The first-order valence-corrected chi connectivity index (χ1v) is 8.04. The van der Waals surface area contributed by atoms with Crippen molar-refractivity contribution in [2.75, 3.05) is 13.1 Å². The largest absolute Gasteiger partial charge is 0.391 e. The van der Waals surface area contributed by atoms with Crippen molar-refractivity contribution in [3.63, 3.8) is 0 Å². The Balaban J connectivity index is 2.57. The number of likely N-dealkylation sites (N-methyl/N-ethyl adjacent to an activating group) is 1. The van der Waals surface area contributed by atoms with Gasteiger partial charge in [0.05, 0.1) is 6.10 Å². The Kier molecular flexibility index (Phi) is 7.25. The third-order valence-corrected chi connectivity index (χ3v) is 4.70. The molecule has 1 saturated carbocycles. The quantitative estimate of drug-likeness (QED) is 0.750. The van der Waals surface area contributed by atoms with Gasteiger partial charge in [-0.3, -0.25) is 4.90 Å². The van der Waals surface area contributed by atoms with Gasteiger partial charge in [0, 0.05) is 12.6 Å². The fraction of sp³-hybridized carbons (Fsp3) is 1.00. The molecule has 0 aliphatic heterocycles. The van der Waals surface area contributed by atoms with E-state index >= 15 is 0 Å². The van der Waals surface area contributed by atoms with E-state index in [-0.39, 0.29) is 6.10 Å². The standard InChI is InChI=1S/C16H33NO/c1-5-8-14-9-10-16(18)15(11-14)17(7-3)12-13(4)6-2/h13-16,18H,5-12H2,1-4H3. The molecular weight excluding hydrogens is 222 g/mol. The fourth-order valence-corrected chi connectivity index (χ4v) is 3.31. The second kappa shape index (κ2) is 8.16. The lowest BCUT2D eigenvalue weighted by molar-refractivity contribution is -0.00180. The first-order chi connectivity index (χ1) is 8.62. The van der Waals surface area contributed by atoms with E-state index in [2.05, 4.69) is 32.6 Å². The van der Waals surface area contributed by atoms with Gasteiger partial charge in [0.2, 0.25) is 0 Å². The number of aliphatic hydroxyl groups is 1. The molecule has 0 aromatic rings. The predicted octanol–water partition coefficient (Wildman–Crippen LogP) is 3.68. The van der Waals surface area contributed by atoms with E-state index in [1.807, 2.05) is 0 Å². The molecule has 0 aromatic carbocycles. The van der Waals surface area contributed by atoms with E-state index in [1.165, 1.54) is 32.1 Å². The third-order valence-electron chi connectivity index (χ3n) is 4.70. The highest BCUT2D eigenvalue weighted by Gasteiger charge is 2.32. The Morgan fingerprint density at radius 2 is 1.94 bits per heavy atom. The smallest absolute Gasteiger partial charge is 0.0695 e. The summed E-state index contributed by atoms with van der Waals surface area (Å²) in [6, 6.07) is 0.411. The van der Waals surface area contributed by atoms with Gasteiger partial charge in [0.25, 0.3) is 0 Å². The molecule has 1 N–H and O–H groups in total. The molecule has 1 aliphatic rings. The summed E-state index contributed by atoms with van der Waals surface area (Å²) in [5.74, 6) is 1.58. The second-order valence-corrected chi connectivity index (χ2v) is 6.20. The third kappa shape index (κ3) is 4.55. The molecule has 0 heterocycles. The predicted molar refractivity (Wildman–Crippen MR) is 78.7 cm³/mol. The number of nitrogens with zero attached hydrogens (tertiary/aromatic N) is 1. The van der Waals surface area contributed by atoms with Crippen LogP contribution in [-0.2, 0) is 0 Å². The molecule has 0 radical (unpaired) electrons. The van der Waals surface area contributed by atoms with E-state index in [4.69, 9.17) is 0 Å². The monoisotopic (exact) mass is 255 g/mol. The molecule has 2 heteroatoms. The second-order valence-electron chi connectivity index (χ2n) is 6.20. The summed E-state index contributed by atoms with van der Waals surface area (Å²) in [5.41, 5.74) is 0. The molecule has 18 heavy (non-hydrogen) atoms. The van der Waals surface area contributed by atoms with Gasteiger partial charge in [-0.2, -0.15) is 0 Å². The maximum Gasteiger partial charge on any atom is 0.0695 e. The minimum absolute atomic E-state index is 0.0953. The topological polar surface area (TPSA) is 23.5 Å². The lowest BCUT2D eigenvalue weighted by Crippen LogP contribution is -2.48. The first-order valence-electron chi connectivity index (χ1n) is 8.04. The minimum atomic E-state index is -0.0953. The van der Waals surface area contributed by atoms with Crippen molar-refractivity contribution in [1.29, 1.82) is 0 Å². The summed E-state index contributed by atoms with van der Waals surface area (Å²) in [5, 5.41) is 10.3. The zero-order chi connectivity index (χ0) is 13.5. The molecule has 108 valence electrons. The summed E-state index contributed by atoms with van der Waals surface area (Å²) >= 11 is 0. The van der Waals surface area contributed by atoms with Gasteiger partial charge in [-0.1, -0.05) is 47.0 Å². The Morgan fingerprint density at radius 1 is 1.22 bits per heavy atom. The van der Waals surface area contributed by atoms with Crippen LogP contribution < -0.4 is 0 Å². The van der Waals surface area contributed by atoms with Gasteiger partial charge in [0.15, 0.2) is 0 Å². The van der Waals surface area contributed by atoms with Gasteiger partial charge < -0.3 is 5.11 Å². The Labute approximate surface area is 114 Å². The summed E-state index contributed by atoms with van der Waals surface area (Å²) in [6.07, 6.45) is 7.20. The zero-order valence-corrected chi connectivity index (χ0v) is 12.9. The lowest BCUT2D eigenvalue weighted by atomic mass is 9.80. The van der Waals surface area contributed by atoms with E-state index in [0.717, 1.165) is 31.3 Å². The molecule has 1 rings (SSSR count). The summed E-state index contributed by atoms with van der Waals surface area (Å²) in [6.45, 7) is 11.3. The van der Waals surface area contributed by atoms with Crippen LogP contribution >= 0.6 is 0 Å². The lowest BCUT2D eigenvalue weighted by Gasteiger charge is -2.41. The summed E-state index contributed by atoms with van der Waals surface area (Å²) < 4.78 is 0. The van der Waals surface area contributed by atoms with Crippen LogP contribution in [0.4, 0.5) is 0 Å². The van der Waals surface area contributed by atoms with Gasteiger partial charge in [0.1, 0.15) is 0 Å². The average Bonchev–Trinajstić information content (AvgIpc) is 2.38. The van der Waals surface area contributed by atoms with Gasteiger partial charge in [-0.25, -0.2) is 0 Å². The van der Waals surface area contributed by atoms with Crippen molar-refractivity contribution >= 4 is 0 Å². The maximum absolute atomic E-state index is 10.3. The Morgan fingerprint density at radius 3 is 2.50 bits per heavy atom. The van der Waals surface area contributed by atoms with Crippen LogP contribution in [0.25, 0.3) is 0 Å². The molecule has 2 nitrogen and oxygen atoms in total. The van der Waals surface area contributed by atoms with E-state index < -0.39 is 0 Å². The molecule has 0 saturated heterocycles. The van der Waals surface area contributed by atoms with Crippen LogP contribution in [0.5, 0.6) is 0 Å². The molecular formula is C16H33NO. The number of hydrogen-bond acceptors (Lipinski definition) is 2. The highest BCUT2D eigenvalue weighted by atomic mass is 16.3. The van der Waals surface area contributed by atoms with Crippen molar-refractivity contribution in [3.8, 4) is 0 Å². The van der Waals surface area contributed by atoms with Crippen molar-refractivity contribution in [2.45, 2.75) is 78.4 Å². The van der Waals surface area contributed by atoms with E-state index in [1.54, 1.807) is 0 Å². The number of aliphatic hydroxyl groups excluding tert-OH is 1. The van der Waals surface area contributed by atoms with Gasteiger partial charge in [-0.15, -0.1) is 0 Å². The molecule has 1 fully saturated rings. The zero-order valence-electron chi connectivity index (χ0n) is 12.9. The highest BCUT2D eigenvalue weighted by Crippen LogP contribution is 2.31. The Bertz CT molecular complexity index is 219. The van der Waals surface area contributed by atoms with E-state index in [9.17, 15) is 5.11 Å². The fourth-order valence-electron chi connectivity index (χ4n) is 3.31. The molecule has 0 spiro atoms. The van der Waals surface area contributed by atoms with Crippen molar-refractivity contribution in [1.82, 2.24) is 4.90 Å². The van der Waals surface area contributed by atoms with Crippen LogP contribution in [0.15, 0.2) is 0 Å². The molecule has 1 aliphatic carbocycles. The van der Waals surface area contributed by atoms with Crippen LogP contribution in [0.1, 0.15) is 66.2 Å². The molecule has 4 atom stereocenters. The number of rotatable bonds is 7. The first kappa shape index (κ1) is 16.0. The molecule has 0 bridgehead atoms. The SMILES string of the molecule is CCCC1CCC(O)C(N(CC)CC(C)CC)C1. The van der Waals surface area contributed by atoms with Crippen LogP contribution in [0.3, 0.4) is 0 Å².